The molecular weight excluding hydrogens is 1250 g/mol. The van der Waals surface area contributed by atoms with Crippen LogP contribution in [0, 0.1) is 34.0 Å². The Morgan fingerprint density at radius 1 is 0.510 bits per heavy atom. The van der Waals surface area contributed by atoms with Gasteiger partial charge in [-0.15, -0.1) is 0 Å². The largest absolute Gasteiger partial charge is 0.493 e. The van der Waals surface area contributed by atoms with Crippen molar-refractivity contribution in [3.63, 3.8) is 0 Å². The fraction of sp³-hybridized carbons (Fsp3) is 0.319. The van der Waals surface area contributed by atoms with E-state index in [1.807, 2.05) is 84.9 Å². The minimum Gasteiger partial charge on any atom is -0.493 e. The van der Waals surface area contributed by atoms with Gasteiger partial charge in [0.25, 0.3) is 23.6 Å². The van der Waals surface area contributed by atoms with Gasteiger partial charge in [-0.3, -0.25) is 33.8 Å². The second-order valence-corrected chi connectivity index (χ2v) is 26.6. The second-order valence-electron chi connectivity index (χ2n) is 26.6. The number of hydrogen-bond acceptors (Lipinski definition) is 17. The Balaban J connectivity index is 0.000000132. The Hall–Kier alpha value is -11.8. The zero-order valence-electron chi connectivity index (χ0n) is 54.1. The highest BCUT2D eigenvalue weighted by Crippen LogP contribution is 2.57. The van der Waals surface area contributed by atoms with Gasteiger partial charge in [0.1, 0.15) is 74.2 Å². The average molecular weight is 1320 g/mol. The molecule has 12 N–H and O–H groups in total. The highest BCUT2D eigenvalue weighted by Gasteiger charge is 2.57. The van der Waals surface area contributed by atoms with E-state index in [0.717, 1.165) is 69.5 Å². The molecule has 0 bridgehead atoms. The molecule has 7 fully saturated rings. The number of likely N-dealkylation sites (tertiary alicyclic amines) is 3. The molecule has 5 aromatic heterocycles. The van der Waals surface area contributed by atoms with Crippen LogP contribution >= 0.6 is 0 Å². The molecule has 15 rings (SSSR count). The number of carbonyl (C=O) groups is 6. The minimum atomic E-state index is -0.652. The summed E-state index contributed by atoms with van der Waals surface area (Å²) >= 11 is 0. The van der Waals surface area contributed by atoms with Gasteiger partial charge in [-0.1, -0.05) is 55.5 Å². The molecule has 8 aromatic rings. The lowest BCUT2D eigenvalue weighted by Crippen LogP contribution is -2.63. The summed E-state index contributed by atoms with van der Waals surface area (Å²) < 4.78 is 22.4. The number of nitrogen functional groups attached to an aromatic ring is 3. The molecule has 0 unspecified atom stereocenters. The van der Waals surface area contributed by atoms with Gasteiger partial charge in [-0.25, -0.2) is 19.0 Å². The molecule has 26 heteroatoms. The molecule has 4 aliphatic carbocycles. The lowest BCUT2D eigenvalue weighted by Gasteiger charge is -2.58. The van der Waals surface area contributed by atoms with Crippen molar-refractivity contribution in [3.8, 4) is 74.6 Å². The third-order valence-electron chi connectivity index (χ3n) is 19.5. The van der Waals surface area contributed by atoms with Crippen LogP contribution < -0.4 is 48.6 Å². The second kappa shape index (κ2) is 26.1. The van der Waals surface area contributed by atoms with Crippen LogP contribution in [-0.2, 0) is 14.4 Å². The zero-order chi connectivity index (χ0) is 68.8. The summed E-state index contributed by atoms with van der Waals surface area (Å²) in [5.74, 6) is 7.73. The van der Waals surface area contributed by atoms with E-state index in [1.165, 1.54) is 25.0 Å². The van der Waals surface area contributed by atoms with Gasteiger partial charge in [0, 0.05) is 78.9 Å². The van der Waals surface area contributed by atoms with Gasteiger partial charge in [0.2, 0.25) is 17.7 Å². The number of nitrogens with zero attached hydrogens (tertiary/aromatic N) is 11. The van der Waals surface area contributed by atoms with Crippen molar-refractivity contribution in [2.75, 3.05) is 63.1 Å². The van der Waals surface area contributed by atoms with Crippen molar-refractivity contribution in [2.45, 2.75) is 76.4 Å². The van der Waals surface area contributed by atoms with Crippen molar-refractivity contribution < 1.29 is 43.0 Å². The lowest BCUT2D eigenvalue weighted by molar-refractivity contribution is -0.149. The molecule has 7 aliphatic rings. The first-order chi connectivity index (χ1) is 47.2. The Bertz CT molecular complexity index is 4470. The lowest BCUT2D eigenvalue weighted by atomic mass is 9.60. The van der Waals surface area contributed by atoms with Gasteiger partial charge in [-0.05, 0) is 149 Å². The fourth-order valence-electron chi connectivity index (χ4n) is 14.4. The summed E-state index contributed by atoms with van der Waals surface area (Å²) in [5, 5.41) is 14.0. The molecule has 4 saturated carbocycles. The molecule has 3 saturated heterocycles. The Labute approximate surface area is 564 Å². The van der Waals surface area contributed by atoms with E-state index in [-0.39, 0.29) is 80.4 Å². The zero-order valence-corrected chi connectivity index (χ0v) is 54.1. The predicted molar refractivity (Wildman–Crippen MR) is 364 cm³/mol. The first kappa shape index (κ1) is 64.9. The SMILES string of the molecule is C=CC(=O)N1CC2(CC(n3nc(-c4ccc(OCC5CC5)cc4)c(C(N)=O)c3N)C2)C1.C=CC(=O)N1CC2(CC(n3nc(-c4ccc(Oc5ccccc5)cn4)c(C(N)=O)c3N)C2)C1.CC#CC(=O)N1CC2(CC(n3nc(-c4ccc(Oc5ccccc5)nc4)c(C(N)=O)c3N)C2)C1. The molecule has 0 radical (unpaired) electrons. The number of anilines is 3. The van der Waals surface area contributed by atoms with Gasteiger partial charge >= 0.3 is 0 Å². The van der Waals surface area contributed by atoms with E-state index >= 15 is 0 Å². The molecule has 98 heavy (non-hydrogen) atoms. The molecule has 0 atom stereocenters. The maximum absolute atomic E-state index is 12.2. The first-order valence-corrected chi connectivity index (χ1v) is 32.4. The van der Waals surface area contributed by atoms with Crippen LogP contribution in [0.4, 0.5) is 17.5 Å². The van der Waals surface area contributed by atoms with Crippen LogP contribution in [0.5, 0.6) is 28.9 Å². The number of benzene rings is 3. The maximum Gasteiger partial charge on any atom is 0.298 e. The van der Waals surface area contributed by atoms with Crippen LogP contribution in [0.3, 0.4) is 0 Å². The first-order valence-electron chi connectivity index (χ1n) is 32.4. The number of ether oxygens (including phenoxy) is 3. The van der Waals surface area contributed by atoms with Gasteiger partial charge < -0.3 is 63.3 Å². The van der Waals surface area contributed by atoms with Crippen molar-refractivity contribution in [1.82, 2.24) is 54.0 Å². The molecule has 3 spiro atoms. The number of amides is 6. The number of pyridine rings is 2. The van der Waals surface area contributed by atoms with Crippen LogP contribution in [0.15, 0.2) is 147 Å². The quantitative estimate of drug-likeness (QED) is 0.0353. The summed E-state index contributed by atoms with van der Waals surface area (Å²) in [7, 11) is 0. The van der Waals surface area contributed by atoms with Crippen molar-refractivity contribution in [1.29, 1.82) is 0 Å². The van der Waals surface area contributed by atoms with E-state index in [4.69, 9.17) is 48.6 Å². The smallest absolute Gasteiger partial charge is 0.298 e. The average Bonchev–Trinajstić information content (AvgIpc) is 1.02. The van der Waals surface area contributed by atoms with Gasteiger partial charge in [-0.2, -0.15) is 15.3 Å². The molecule has 8 heterocycles. The van der Waals surface area contributed by atoms with Gasteiger partial charge in [0.05, 0.1) is 36.6 Å². The number of primary amides is 3. The molecule has 3 aliphatic heterocycles. The number of aromatic nitrogens is 8. The highest BCUT2D eigenvalue weighted by atomic mass is 16.5. The molecule has 502 valence electrons. The Morgan fingerprint density at radius 2 is 0.939 bits per heavy atom. The number of para-hydroxylation sites is 2. The highest BCUT2D eigenvalue weighted by molar-refractivity contribution is 6.05. The van der Waals surface area contributed by atoms with Crippen LogP contribution in [-0.4, -0.2) is 135 Å². The topological polar surface area (TPSA) is 375 Å². The van der Waals surface area contributed by atoms with E-state index in [2.05, 4.69) is 50.3 Å². The summed E-state index contributed by atoms with van der Waals surface area (Å²) in [6.07, 6.45) is 13.3. The number of nitrogens with two attached hydrogens (primary N) is 6. The fourth-order valence-corrected chi connectivity index (χ4v) is 14.4. The summed E-state index contributed by atoms with van der Waals surface area (Å²) in [4.78, 5) is 86.0. The van der Waals surface area contributed by atoms with Crippen LogP contribution in [0.25, 0.3) is 33.9 Å². The molecule has 3 aromatic carbocycles. The van der Waals surface area contributed by atoms with E-state index < -0.39 is 17.7 Å². The van der Waals surface area contributed by atoms with Gasteiger partial charge in [0.15, 0.2) is 0 Å². The third kappa shape index (κ3) is 12.8. The van der Waals surface area contributed by atoms with Crippen LogP contribution in [0.1, 0.15) is 107 Å². The minimum absolute atomic E-state index is 0.0319. The number of carbonyl (C=O) groups excluding carboxylic acids is 6. The van der Waals surface area contributed by atoms with Crippen molar-refractivity contribution in [2.24, 2.45) is 39.4 Å². The van der Waals surface area contributed by atoms with Crippen molar-refractivity contribution in [3.05, 3.63) is 164 Å². The maximum atomic E-state index is 12.2. The summed E-state index contributed by atoms with van der Waals surface area (Å²) in [6.45, 7) is 13.7. The normalized spacial score (nSPS) is 17.4. The monoisotopic (exact) mass is 1320 g/mol. The third-order valence-corrected chi connectivity index (χ3v) is 19.5. The summed E-state index contributed by atoms with van der Waals surface area (Å²) in [6, 6.07) is 33.4. The van der Waals surface area contributed by atoms with Crippen LogP contribution in [0.2, 0.25) is 0 Å². The Morgan fingerprint density at radius 3 is 1.36 bits per heavy atom. The van der Waals surface area contributed by atoms with E-state index in [0.29, 0.717) is 89.4 Å². The molecular formula is C72H75N17O9. The summed E-state index contributed by atoms with van der Waals surface area (Å²) in [5.41, 5.74) is 39.9. The number of rotatable bonds is 18. The van der Waals surface area contributed by atoms with Crippen molar-refractivity contribution >= 4 is 52.9 Å². The number of hydrogen-bond donors (Lipinski definition) is 6. The standard InChI is InChI=1S/C25H24N6O3.C24H24N6O3.C23H27N5O3/c1-2-6-20(32)30-14-25(15-30)11-17(12-25)31-23(26)21(24(27)33)22(29-31)16-9-10-19(28-13-16)34-18-7-4-3-5-8-18;1-2-19(31)29-13-24(14-29)10-15(11-24)30-22(25)20(23(26)32)21(28-30)18-9-8-17(12-27-18)33-16-6-4-3-5-7-16;1-2-18(29)27-12-23(13-27)9-16(10-23)28-21(24)19(22(25)30)20(26-28)15-5-7-17(8-6-15)31-11-14-3-4-14/h3-5,7-10,13,17H,11-12,14-15,26H2,1H3,(H2,27,33);2-9,12,15H,1,10-11,13-14,25H2,(H2,26,32);2,5-8,14,16H,1,3-4,9-13,24H2,(H2,25,30). The Kier molecular flexibility index (Phi) is 17.3. The molecule has 26 nitrogen and oxygen atoms in total. The molecule has 6 amide bonds. The predicted octanol–water partition coefficient (Wildman–Crippen LogP) is 7.74. The van der Waals surface area contributed by atoms with E-state index in [1.54, 1.807) is 72.3 Å². The van der Waals surface area contributed by atoms with E-state index in [9.17, 15) is 28.8 Å².